The summed E-state index contributed by atoms with van der Waals surface area (Å²) in [5.41, 5.74) is 1.04. The molecule has 0 heterocycles. The number of hydrogen-bond acceptors (Lipinski definition) is 5. The number of benzene rings is 2. The molecule has 0 radical (unpaired) electrons. The number of halogens is 1. The zero-order chi connectivity index (χ0) is 18.4. The second kappa shape index (κ2) is 8.29. The van der Waals surface area contributed by atoms with E-state index in [2.05, 4.69) is 10.6 Å². The van der Waals surface area contributed by atoms with Crippen molar-refractivity contribution in [3.8, 4) is 11.5 Å². The molecule has 0 aliphatic carbocycles. The number of methoxy groups -OCH3 is 3. The molecule has 2 N–H and O–H groups in total. The van der Waals surface area contributed by atoms with Crippen LogP contribution in [0.5, 0.6) is 11.5 Å². The van der Waals surface area contributed by atoms with E-state index in [0.29, 0.717) is 22.9 Å². The van der Waals surface area contributed by atoms with Gasteiger partial charge in [0.2, 0.25) is 0 Å². The Morgan fingerprint density at radius 3 is 2.32 bits per heavy atom. The molecule has 132 valence electrons. The van der Waals surface area contributed by atoms with Crippen molar-refractivity contribution >= 4 is 34.7 Å². The van der Waals surface area contributed by atoms with E-state index in [1.807, 2.05) is 0 Å². The highest BCUT2D eigenvalue weighted by Gasteiger charge is 2.18. The van der Waals surface area contributed by atoms with E-state index in [4.69, 9.17) is 26.4 Å². The smallest absolute Gasteiger partial charge is 0.340 e. The minimum absolute atomic E-state index is 0.169. The fraction of sp³-hybridized carbons (Fsp3) is 0.176. The van der Waals surface area contributed by atoms with Crippen molar-refractivity contribution in [2.45, 2.75) is 0 Å². The minimum Gasteiger partial charge on any atom is -0.493 e. The van der Waals surface area contributed by atoms with Gasteiger partial charge in [-0.15, -0.1) is 0 Å². The molecule has 0 aliphatic rings. The maximum Gasteiger partial charge on any atom is 0.340 e. The summed E-state index contributed by atoms with van der Waals surface area (Å²) in [6.07, 6.45) is 0. The number of nitrogens with one attached hydrogen (secondary N) is 2. The lowest BCUT2D eigenvalue weighted by molar-refractivity contribution is 0.0601. The number of carbonyl (C=O) groups is 1. The summed E-state index contributed by atoms with van der Waals surface area (Å²) in [4.78, 5) is 12.0. The molecule has 2 rings (SSSR count). The monoisotopic (exact) mass is 364 g/mol. The molecule has 2 aromatic carbocycles. The largest absolute Gasteiger partial charge is 0.493 e. The maximum atomic E-state index is 13.2. The zero-order valence-electron chi connectivity index (χ0n) is 13.9. The fourth-order valence-electron chi connectivity index (χ4n) is 2.11. The Hall–Kier alpha value is -2.87. The van der Waals surface area contributed by atoms with Gasteiger partial charge in [0, 0.05) is 17.8 Å². The summed E-state index contributed by atoms with van der Waals surface area (Å²) in [5.74, 6) is -0.185. The molecule has 0 bridgehead atoms. The predicted octanol–water partition coefficient (Wildman–Crippen LogP) is 3.44. The fourth-order valence-corrected chi connectivity index (χ4v) is 2.34. The zero-order valence-corrected chi connectivity index (χ0v) is 14.7. The van der Waals surface area contributed by atoms with Crippen molar-refractivity contribution in [3.63, 3.8) is 0 Å². The average Bonchev–Trinajstić information content (AvgIpc) is 2.60. The molecule has 0 saturated heterocycles. The van der Waals surface area contributed by atoms with Crippen LogP contribution in [-0.4, -0.2) is 32.4 Å². The van der Waals surface area contributed by atoms with Gasteiger partial charge in [0.1, 0.15) is 5.82 Å². The van der Waals surface area contributed by atoms with E-state index in [-0.39, 0.29) is 10.7 Å². The molecule has 8 heteroatoms. The van der Waals surface area contributed by atoms with Gasteiger partial charge < -0.3 is 24.8 Å². The molecular weight excluding hydrogens is 347 g/mol. The third kappa shape index (κ3) is 4.57. The molecule has 0 amide bonds. The van der Waals surface area contributed by atoms with Gasteiger partial charge in [-0.3, -0.25) is 0 Å². The molecule has 6 nitrogen and oxygen atoms in total. The van der Waals surface area contributed by atoms with Crippen molar-refractivity contribution in [1.29, 1.82) is 0 Å². The summed E-state index contributed by atoms with van der Waals surface area (Å²) >= 11 is 5.22. The second-order valence-electron chi connectivity index (χ2n) is 4.83. The second-order valence-corrected chi connectivity index (χ2v) is 5.24. The minimum atomic E-state index is -0.572. The Morgan fingerprint density at radius 2 is 1.72 bits per heavy atom. The normalized spacial score (nSPS) is 9.92. The first-order valence-corrected chi connectivity index (χ1v) is 7.57. The van der Waals surface area contributed by atoms with Crippen LogP contribution in [-0.2, 0) is 4.74 Å². The van der Waals surface area contributed by atoms with E-state index < -0.39 is 11.8 Å². The van der Waals surface area contributed by atoms with E-state index in [1.165, 1.54) is 39.5 Å². The third-order valence-corrected chi connectivity index (χ3v) is 3.46. The lowest BCUT2D eigenvalue weighted by Gasteiger charge is -2.16. The lowest BCUT2D eigenvalue weighted by atomic mass is 10.1. The third-order valence-electron chi connectivity index (χ3n) is 3.26. The summed E-state index contributed by atoms with van der Waals surface area (Å²) in [6, 6.07) is 8.88. The van der Waals surface area contributed by atoms with Gasteiger partial charge in [-0.2, -0.15) is 0 Å². The van der Waals surface area contributed by atoms with Crippen LogP contribution in [0.25, 0.3) is 0 Å². The summed E-state index contributed by atoms with van der Waals surface area (Å²) in [5, 5.41) is 5.89. The molecule has 0 saturated carbocycles. The van der Waals surface area contributed by atoms with Crippen LogP contribution in [0.1, 0.15) is 10.4 Å². The number of hydrogen-bond donors (Lipinski definition) is 2. The van der Waals surface area contributed by atoms with E-state index in [1.54, 1.807) is 18.2 Å². The Kier molecular flexibility index (Phi) is 6.13. The van der Waals surface area contributed by atoms with E-state index in [9.17, 15) is 9.18 Å². The Bertz CT molecular complexity index is 798. The van der Waals surface area contributed by atoms with Gasteiger partial charge >= 0.3 is 5.97 Å². The average molecular weight is 364 g/mol. The van der Waals surface area contributed by atoms with Crippen LogP contribution in [0, 0.1) is 5.82 Å². The van der Waals surface area contributed by atoms with Crippen LogP contribution in [0.15, 0.2) is 36.4 Å². The van der Waals surface area contributed by atoms with Crippen molar-refractivity contribution in [1.82, 2.24) is 0 Å². The summed E-state index contributed by atoms with van der Waals surface area (Å²) in [7, 11) is 4.21. The predicted molar refractivity (Wildman–Crippen MR) is 97.1 cm³/mol. The highest BCUT2D eigenvalue weighted by Crippen LogP contribution is 2.33. The summed E-state index contributed by atoms with van der Waals surface area (Å²) < 4.78 is 28.4. The Morgan fingerprint density at radius 1 is 1.04 bits per heavy atom. The van der Waals surface area contributed by atoms with Crippen molar-refractivity contribution in [2.24, 2.45) is 0 Å². The van der Waals surface area contributed by atoms with Crippen molar-refractivity contribution in [2.75, 3.05) is 32.0 Å². The number of ether oxygens (including phenoxy) is 3. The molecule has 2 aromatic rings. The first-order valence-electron chi connectivity index (χ1n) is 7.16. The molecule has 0 aliphatic heterocycles. The van der Waals surface area contributed by atoms with E-state index >= 15 is 0 Å². The Balaban J connectivity index is 2.30. The number of rotatable bonds is 5. The molecular formula is C17H17FN2O4S. The lowest BCUT2D eigenvalue weighted by Crippen LogP contribution is -2.21. The molecule has 25 heavy (non-hydrogen) atoms. The molecule has 0 fully saturated rings. The van der Waals surface area contributed by atoms with Crippen molar-refractivity contribution < 1.29 is 23.4 Å². The van der Waals surface area contributed by atoms with Gasteiger partial charge in [-0.1, -0.05) is 6.07 Å². The number of carbonyl (C=O) groups excluding carboxylic acids is 1. The van der Waals surface area contributed by atoms with Crippen molar-refractivity contribution in [3.05, 3.63) is 47.8 Å². The topological polar surface area (TPSA) is 68.8 Å². The van der Waals surface area contributed by atoms with Gasteiger partial charge in [0.15, 0.2) is 16.6 Å². The first-order chi connectivity index (χ1) is 12.0. The number of thiocarbonyl (C=S) groups is 1. The maximum absolute atomic E-state index is 13.2. The van der Waals surface area contributed by atoms with Crippen LogP contribution in [0.4, 0.5) is 15.8 Å². The van der Waals surface area contributed by atoms with E-state index in [0.717, 1.165) is 0 Å². The Labute approximate surface area is 149 Å². The summed E-state index contributed by atoms with van der Waals surface area (Å²) in [6.45, 7) is 0. The SMILES string of the molecule is COC(=O)c1cc(OC)c(OC)cc1NC(=S)Nc1cccc(F)c1. The number of esters is 1. The van der Waals surface area contributed by atoms with Gasteiger partial charge in [-0.25, -0.2) is 9.18 Å². The van der Waals surface area contributed by atoms with Gasteiger partial charge in [0.25, 0.3) is 0 Å². The molecule has 0 unspecified atom stereocenters. The van der Waals surface area contributed by atoms with Crippen LogP contribution in [0.3, 0.4) is 0 Å². The van der Waals surface area contributed by atoms with Gasteiger partial charge in [0.05, 0.1) is 32.6 Å². The number of anilines is 2. The van der Waals surface area contributed by atoms with Crippen LogP contribution in [0.2, 0.25) is 0 Å². The molecule has 0 atom stereocenters. The molecule has 0 spiro atoms. The van der Waals surface area contributed by atoms with Crippen LogP contribution >= 0.6 is 12.2 Å². The highest BCUT2D eigenvalue weighted by molar-refractivity contribution is 7.80. The van der Waals surface area contributed by atoms with Gasteiger partial charge in [-0.05, 0) is 30.4 Å². The highest BCUT2D eigenvalue weighted by atomic mass is 32.1. The molecule has 0 aromatic heterocycles. The quantitative estimate of drug-likeness (QED) is 0.622. The first kappa shape index (κ1) is 18.5. The van der Waals surface area contributed by atoms with Crippen LogP contribution < -0.4 is 20.1 Å². The standard InChI is InChI=1S/C17H17FN2O4S/c1-22-14-8-12(16(21)24-3)13(9-15(14)23-2)20-17(25)19-11-6-4-5-10(18)7-11/h4-9H,1-3H3,(H2,19,20,25).